The number of hydrogen-bond donors (Lipinski definition) is 3. The monoisotopic (exact) mass is 590 g/mol. The maximum absolute atomic E-state index is 13.7. The molecule has 40 heavy (non-hydrogen) atoms. The second-order valence-electron chi connectivity index (χ2n) is 10.3. The van der Waals surface area contributed by atoms with E-state index < -0.39 is 41.7 Å². The fourth-order valence-corrected chi connectivity index (χ4v) is 5.88. The molecule has 0 aromatic heterocycles. The number of halogens is 7. The number of fused-ring (bicyclic) bond motifs is 1. The van der Waals surface area contributed by atoms with E-state index in [1.807, 2.05) is 0 Å². The van der Waals surface area contributed by atoms with Crippen molar-refractivity contribution in [1.29, 1.82) is 0 Å². The zero-order valence-electron chi connectivity index (χ0n) is 21.3. The van der Waals surface area contributed by atoms with Crippen molar-refractivity contribution in [3.05, 3.63) is 52.6 Å². The first-order chi connectivity index (χ1) is 18.4. The molecule has 2 aromatic carbocycles. The molecule has 2 aromatic rings. The van der Waals surface area contributed by atoms with E-state index in [1.54, 1.807) is 0 Å². The van der Waals surface area contributed by atoms with Crippen molar-refractivity contribution >= 4 is 41.3 Å². The van der Waals surface area contributed by atoms with Gasteiger partial charge in [0.1, 0.15) is 0 Å². The molecular weight excluding hydrogens is 562 g/mol. The van der Waals surface area contributed by atoms with Gasteiger partial charge in [0.15, 0.2) is 0 Å². The Kier molecular flexibility index (Phi) is 8.60. The summed E-state index contributed by atoms with van der Waals surface area (Å²) in [5.74, 6) is -1.47. The number of alkyl halides is 6. The van der Waals surface area contributed by atoms with Gasteiger partial charge in [-0.3, -0.25) is 14.5 Å². The Morgan fingerprint density at radius 1 is 0.925 bits per heavy atom. The minimum absolute atomic E-state index is 0. The van der Waals surface area contributed by atoms with Crippen molar-refractivity contribution in [1.82, 2.24) is 4.90 Å². The summed E-state index contributed by atoms with van der Waals surface area (Å²) in [4.78, 5) is 27.4. The number of amides is 2. The average molecular weight is 591 g/mol. The lowest BCUT2D eigenvalue weighted by Gasteiger charge is -2.39. The third kappa shape index (κ3) is 6.33. The first-order valence-electron chi connectivity index (χ1n) is 13.0. The largest absolute Gasteiger partial charge is 0.416 e. The zero-order chi connectivity index (χ0) is 27.9. The van der Waals surface area contributed by atoms with Crippen LogP contribution in [0.1, 0.15) is 65.6 Å². The lowest BCUT2D eigenvalue weighted by Crippen LogP contribution is -2.47. The van der Waals surface area contributed by atoms with Gasteiger partial charge in [-0.15, -0.1) is 12.4 Å². The van der Waals surface area contributed by atoms with E-state index >= 15 is 0 Å². The Morgan fingerprint density at radius 3 is 2.30 bits per heavy atom. The zero-order valence-corrected chi connectivity index (χ0v) is 22.2. The van der Waals surface area contributed by atoms with Crippen molar-refractivity contribution in [2.75, 3.05) is 29.0 Å². The number of carbonyl (C=O) groups excluding carboxylic acids is 2. The van der Waals surface area contributed by atoms with E-state index in [2.05, 4.69) is 20.9 Å². The quantitative estimate of drug-likeness (QED) is 0.338. The topological polar surface area (TPSA) is 73.5 Å². The molecule has 2 fully saturated rings. The highest BCUT2D eigenvalue weighted by molar-refractivity contribution is 6.09. The SMILES string of the molecule is Cl.O=C1Cc2c(cc(NC(=O)c3ccc(C(F)(F)F)cc3N[C@H]3CCCC[C@@H]3N3CCCC3)cc2C(F)(F)F)N1. The van der Waals surface area contributed by atoms with E-state index in [1.165, 1.54) is 6.07 Å². The van der Waals surface area contributed by atoms with Crippen LogP contribution in [0.5, 0.6) is 0 Å². The lowest BCUT2D eigenvalue weighted by molar-refractivity contribution is -0.138. The van der Waals surface area contributed by atoms with Crippen LogP contribution in [0.15, 0.2) is 30.3 Å². The highest BCUT2D eigenvalue weighted by Crippen LogP contribution is 2.40. The third-order valence-corrected chi connectivity index (χ3v) is 7.70. The van der Waals surface area contributed by atoms with Crippen molar-refractivity contribution in [3.63, 3.8) is 0 Å². The summed E-state index contributed by atoms with van der Waals surface area (Å²) in [5.41, 5.74) is -2.65. The van der Waals surface area contributed by atoms with Crippen LogP contribution in [-0.4, -0.2) is 41.9 Å². The van der Waals surface area contributed by atoms with Gasteiger partial charge in [0.2, 0.25) is 5.91 Å². The molecule has 5 rings (SSSR count). The Morgan fingerprint density at radius 2 is 1.62 bits per heavy atom. The molecule has 6 nitrogen and oxygen atoms in total. The number of hydrogen-bond acceptors (Lipinski definition) is 4. The van der Waals surface area contributed by atoms with E-state index in [4.69, 9.17) is 0 Å². The Labute approximate surface area is 233 Å². The van der Waals surface area contributed by atoms with E-state index in [0.717, 1.165) is 75.9 Å². The molecule has 13 heteroatoms. The van der Waals surface area contributed by atoms with Crippen LogP contribution >= 0.6 is 12.4 Å². The first kappa shape index (κ1) is 30.0. The molecule has 2 aliphatic heterocycles. The molecule has 3 N–H and O–H groups in total. The molecule has 2 heterocycles. The fourth-order valence-electron chi connectivity index (χ4n) is 5.88. The number of nitrogens with zero attached hydrogens (tertiary/aromatic N) is 1. The van der Waals surface area contributed by atoms with Crippen LogP contribution in [0.3, 0.4) is 0 Å². The summed E-state index contributed by atoms with van der Waals surface area (Å²) in [6.07, 6.45) is -4.24. The molecule has 3 aliphatic rings. The van der Waals surface area contributed by atoms with Gasteiger partial charge in [0.05, 0.1) is 23.1 Å². The van der Waals surface area contributed by atoms with E-state index in [0.29, 0.717) is 0 Å². The summed E-state index contributed by atoms with van der Waals surface area (Å²) >= 11 is 0. The smallest absolute Gasteiger partial charge is 0.380 e. The average Bonchev–Trinajstić information content (AvgIpc) is 3.52. The van der Waals surface area contributed by atoms with Gasteiger partial charge in [0.25, 0.3) is 5.91 Å². The predicted molar refractivity (Wildman–Crippen MR) is 141 cm³/mol. The molecule has 2 amide bonds. The summed E-state index contributed by atoms with van der Waals surface area (Å²) in [5, 5.41) is 7.95. The van der Waals surface area contributed by atoms with Gasteiger partial charge in [-0.25, -0.2) is 0 Å². The van der Waals surface area contributed by atoms with Crippen molar-refractivity contribution < 1.29 is 35.9 Å². The van der Waals surface area contributed by atoms with Gasteiger partial charge in [-0.2, -0.15) is 26.3 Å². The second-order valence-corrected chi connectivity index (χ2v) is 10.3. The summed E-state index contributed by atoms with van der Waals surface area (Å²) < 4.78 is 81.8. The van der Waals surface area contributed by atoms with Crippen LogP contribution in [0.2, 0.25) is 0 Å². The first-order valence-corrected chi connectivity index (χ1v) is 13.0. The predicted octanol–water partition coefficient (Wildman–Crippen LogP) is 6.71. The Hall–Kier alpha value is -2.99. The molecule has 0 unspecified atom stereocenters. The molecule has 0 spiro atoms. The molecule has 1 aliphatic carbocycles. The molecular formula is C27H29ClF6N4O2. The Bertz CT molecular complexity index is 1280. The maximum atomic E-state index is 13.7. The number of benzene rings is 2. The fraction of sp³-hybridized carbons (Fsp3) is 0.481. The van der Waals surface area contributed by atoms with Gasteiger partial charge in [0, 0.05) is 29.1 Å². The maximum Gasteiger partial charge on any atom is 0.416 e. The molecule has 2 atom stereocenters. The number of carbonyl (C=O) groups is 2. The van der Waals surface area contributed by atoms with Crippen LogP contribution < -0.4 is 16.0 Å². The standard InChI is InChI=1S/C27H28F6N4O2.ClH/c28-26(29,30)15-7-8-17(21(11-15)35-20-5-1-2-6-23(20)37-9-3-4-10-37)25(39)34-16-12-19(27(31,32)33)18-14-24(38)36-22(18)13-16;/h7-8,11-13,20,23,35H,1-6,9-10,14H2,(H,34,39)(H,36,38);1H/t20-,23-;/m0./s1. The van der Waals surface area contributed by atoms with Gasteiger partial charge >= 0.3 is 12.4 Å². The Balaban J connectivity index is 0.00000370. The molecule has 0 bridgehead atoms. The van der Waals surface area contributed by atoms with Gasteiger partial charge < -0.3 is 16.0 Å². The highest BCUT2D eigenvalue weighted by Gasteiger charge is 2.38. The second kappa shape index (κ2) is 11.5. The summed E-state index contributed by atoms with van der Waals surface area (Å²) in [7, 11) is 0. The third-order valence-electron chi connectivity index (χ3n) is 7.70. The molecule has 0 radical (unpaired) electrons. The van der Waals surface area contributed by atoms with Crippen molar-refractivity contribution in [3.8, 4) is 0 Å². The lowest BCUT2D eigenvalue weighted by atomic mass is 9.88. The molecule has 1 saturated heterocycles. The van der Waals surface area contributed by atoms with Crippen LogP contribution in [0.4, 0.5) is 43.4 Å². The number of rotatable bonds is 5. The van der Waals surface area contributed by atoms with Crippen LogP contribution in [0, 0.1) is 0 Å². The minimum Gasteiger partial charge on any atom is -0.380 e. The van der Waals surface area contributed by atoms with E-state index in [-0.39, 0.29) is 52.7 Å². The van der Waals surface area contributed by atoms with Crippen molar-refractivity contribution in [2.24, 2.45) is 0 Å². The van der Waals surface area contributed by atoms with Gasteiger partial charge in [-0.1, -0.05) is 12.8 Å². The van der Waals surface area contributed by atoms with Crippen LogP contribution in [0.25, 0.3) is 0 Å². The van der Waals surface area contributed by atoms with Crippen molar-refractivity contribution in [2.45, 2.75) is 69.4 Å². The molecule has 218 valence electrons. The summed E-state index contributed by atoms with van der Waals surface area (Å²) in [6.45, 7) is 1.82. The normalized spacial score (nSPS) is 21.4. The van der Waals surface area contributed by atoms with Crippen LogP contribution in [-0.2, 0) is 23.6 Å². The number of anilines is 3. The highest BCUT2D eigenvalue weighted by atomic mass is 35.5. The molecule has 1 saturated carbocycles. The van der Waals surface area contributed by atoms with Gasteiger partial charge in [-0.05, 0) is 74.7 Å². The minimum atomic E-state index is -4.77. The number of nitrogens with one attached hydrogen (secondary N) is 3. The summed E-state index contributed by atoms with van der Waals surface area (Å²) in [6, 6.07) is 4.58. The number of likely N-dealkylation sites (tertiary alicyclic amines) is 1. The van der Waals surface area contributed by atoms with E-state index in [9.17, 15) is 35.9 Å².